The van der Waals surface area contributed by atoms with E-state index < -0.39 is 22.7 Å². The fraction of sp³-hybridized carbons (Fsp3) is 0.500. The van der Waals surface area contributed by atoms with E-state index in [-0.39, 0.29) is 11.9 Å². The third kappa shape index (κ3) is 1.53. The molecule has 1 aromatic carbocycles. The largest absolute Gasteiger partial charge is 0.493 e. The molecule has 1 saturated carbocycles. The SMILES string of the molecule is COc1cccc([C@H]2[C@@]3(C#N)[C@]4([NH+]=C(N)[C@@]23C#N)OC[C@H](C)O4)c1OC. The average molecular weight is 355 g/mol. The van der Waals surface area contributed by atoms with E-state index in [2.05, 4.69) is 17.1 Å². The van der Waals surface area contributed by atoms with Crippen molar-refractivity contribution < 1.29 is 23.9 Å². The first-order chi connectivity index (χ1) is 12.5. The summed E-state index contributed by atoms with van der Waals surface area (Å²) in [5, 5.41) is 20.2. The maximum Gasteiger partial charge on any atom is 0.343 e. The lowest BCUT2D eigenvalue weighted by Gasteiger charge is -2.24. The highest BCUT2D eigenvalue weighted by atomic mass is 16.8. The van der Waals surface area contributed by atoms with Crippen molar-refractivity contribution in [2.75, 3.05) is 20.8 Å². The smallest absolute Gasteiger partial charge is 0.343 e. The first kappa shape index (κ1) is 16.6. The van der Waals surface area contributed by atoms with E-state index in [4.69, 9.17) is 24.7 Å². The fourth-order valence-corrected chi connectivity index (χ4v) is 4.57. The number of amidine groups is 1. The Balaban J connectivity index is 1.95. The molecule has 0 unspecified atom stereocenters. The van der Waals surface area contributed by atoms with Crippen LogP contribution in [0.2, 0.25) is 0 Å². The number of hydrogen-bond acceptors (Lipinski definition) is 7. The van der Waals surface area contributed by atoms with E-state index in [1.54, 1.807) is 12.1 Å². The summed E-state index contributed by atoms with van der Waals surface area (Å²) in [7, 11) is 3.05. The zero-order chi connectivity index (χ0) is 18.7. The molecule has 134 valence electrons. The molecule has 0 radical (unpaired) electrons. The van der Waals surface area contributed by atoms with Gasteiger partial charge in [-0.15, -0.1) is 0 Å². The standard InChI is InChI=1S/C18H18N4O4/c1-10-7-25-18(26-10)17(9-20)14(16(17,8-19)15(21)22-18)11-5-4-6-12(23-2)13(11)24-3/h4-6,10,14H,7H2,1-3H3,(H2,21,22)/p+1/t10-,14+,16+,17+,18-/m0/s1. The van der Waals surface area contributed by atoms with E-state index in [0.29, 0.717) is 23.7 Å². The van der Waals surface area contributed by atoms with Gasteiger partial charge < -0.3 is 18.9 Å². The van der Waals surface area contributed by atoms with E-state index in [1.165, 1.54) is 14.2 Å². The van der Waals surface area contributed by atoms with Crippen LogP contribution in [0.3, 0.4) is 0 Å². The van der Waals surface area contributed by atoms with Crippen molar-refractivity contribution in [3.05, 3.63) is 23.8 Å². The van der Waals surface area contributed by atoms with Crippen molar-refractivity contribution in [3.63, 3.8) is 0 Å². The molecule has 1 aliphatic carbocycles. The predicted molar refractivity (Wildman–Crippen MR) is 87.8 cm³/mol. The van der Waals surface area contributed by atoms with Gasteiger partial charge in [0.15, 0.2) is 22.3 Å². The van der Waals surface area contributed by atoms with Gasteiger partial charge in [0.2, 0.25) is 0 Å². The molecule has 2 heterocycles. The maximum atomic E-state index is 10.2. The van der Waals surface area contributed by atoms with Gasteiger partial charge in [-0.1, -0.05) is 12.1 Å². The third-order valence-electron chi connectivity index (χ3n) is 5.63. The lowest BCUT2D eigenvalue weighted by molar-refractivity contribution is -0.677. The van der Waals surface area contributed by atoms with Crippen LogP contribution in [0.15, 0.2) is 18.2 Å². The highest BCUT2D eigenvalue weighted by Gasteiger charge is 2.98. The summed E-state index contributed by atoms with van der Waals surface area (Å²) in [5.41, 5.74) is 4.26. The highest BCUT2D eigenvalue weighted by molar-refractivity contribution is 5.95. The molecule has 0 aromatic heterocycles. The number of nitrogens with two attached hydrogens (primary N) is 1. The van der Waals surface area contributed by atoms with Crippen LogP contribution in [-0.4, -0.2) is 38.7 Å². The Kier molecular flexibility index (Phi) is 3.27. The summed E-state index contributed by atoms with van der Waals surface area (Å²) in [6.07, 6.45) is -0.233. The first-order valence-electron chi connectivity index (χ1n) is 8.24. The normalized spacial score (nSPS) is 39.7. The van der Waals surface area contributed by atoms with Crippen LogP contribution >= 0.6 is 0 Å². The number of benzene rings is 1. The number of nitrogens with one attached hydrogen (secondary N) is 1. The molecule has 2 aliphatic heterocycles. The summed E-state index contributed by atoms with van der Waals surface area (Å²) >= 11 is 0. The zero-order valence-corrected chi connectivity index (χ0v) is 14.7. The molecular formula is C18H19N4O4+. The molecule has 8 nitrogen and oxygen atoms in total. The summed E-state index contributed by atoms with van der Waals surface area (Å²) < 4.78 is 22.7. The molecular weight excluding hydrogens is 336 g/mol. The van der Waals surface area contributed by atoms with E-state index in [0.717, 1.165) is 0 Å². The molecule has 8 heteroatoms. The van der Waals surface area contributed by atoms with Gasteiger partial charge in [0.25, 0.3) is 5.84 Å². The lowest BCUT2D eigenvalue weighted by atomic mass is 9.93. The number of para-hydroxylation sites is 1. The van der Waals surface area contributed by atoms with Crippen molar-refractivity contribution in [2.45, 2.75) is 24.9 Å². The fourth-order valence-electron chi connectivity index (χ4n) is 4.57. The minimum atomic E-state index is -1.46. The Hall–Kier alpha value is -2.81. The van der Waals surface area contributed by atoms with Gasteiger partial charge in [-0.05, 0) is 13.0 Å². The number of fused-ring (bicyclic) bond motifs is 2. The van der Waals surface area contributed by atoms with E-state index >= 15 is 0 Å². The maximum absolute atomic E-state index is 10.2. The summed E-state index contributed by atoms with van der Waals surface area (Å²) in [6, 6.07) is 9.90. The average Bonchev–Trinajstić information content (AvgIpc) is 3.04. The van der Waals surface area contributed by atoms with Crippen LogP contribution in [0.5, 0.6) is 11.5 Å². The molecule has 3 aliphatic rings. The Labute approximate surface area is 150 Å². The second-order valence-electron chi connectivity index (χ2n) is 6.75. The Morgan fingerprint density at radius 1 is 1.27 bits per heavy atom. The lowest BCUT2D eigenvalue weighted by Crippen LogP contribution is -2.90. The van der Waals surface area contributed by atoms with Crippen molar-refractivity contribution in [3.8, 4) is 23.6 Å². The molecule has 2 fully saturated rings. The van der Waals surface area contributed by atoms with Gasteiger partial charge in [0.05, 0.1) is 45.0 Å². The summed E-state index contributed by atoms with van der Waals surface area (Å²) in [6.45, 7) is 2.14. The number of nitrogens with zero attached hydrogens (tertiary/aromatic N) is 2. The molecule has 1 saturated heterocycles. The van der Waals surface area contributed by atoms with Crippen LogP contribution in [0.1, 0.15) is 18.4 Å². The van der Waals surface area contributed by atoms with Gasteiger partial charge in [0.1, 0.15) is 0 Å². The number of rotatable bonds is 3. The topological polar surface area (TPSA) is 124 Å². The molecule has 1 spiro atoms. The molecule has 0 amide bonds. The van der Waals surface area contributed by atoms with Crippen molar-refractivity contribution in [2.24, 2.45) is 16.6 Å². The van der Waals surface area contributed by atoms with Crippen LogP contribution < -0.4 is 20.2 Å². The highest BCUT2D eigenvalue weighted by Crippen LogP contribution is 2.80. The third-order valence-corrected chi connectivity index (χ3v) is 5.63. The molecule has 4 rings (SSSR count). The van der Waals surface area contributed by atoms with Crippen LogP contribution in [0, 0.1) is 33.5 Å². The Morgan fingerprint density at radius 2 is 2.04 bits per heavy atom. The van der Waals surface area contributed by atoms with Gasteiger partial charge >= 0.3 is 5.91 Å². The number of nitriles is 2. The van der Waals surface area contributed by atoms with Crippen molar-refractivity contribution in [1.82, 2.24) is 0 Å². The van der Waals surface area contributed by atoms with Gasteiger partial charge in [-0.25, -0.2) is 4.99 Å². The summed E-state index contributed by atoms with van der Waals surface area (Å²) in [4.78, 5) is 2.94. The van der Waals surface area contributed by atoms with Crippen molar-refractivity contribution >= 4 is 5.84 Å². The van der Waals surface area contributed by atoms with E-state index in [9.17, 15) is 10.5 Å². The molecule has 5 atom stereocenters. The number of hydrogen-bond donors (Lipinski definition) is 2. The van der Waals surface area contributed by atoms with Crippen LogP contribution in [0.4, 0.5) is 0 Å². The minimum absolute atomic E-state index is 0.172. The summed E-state index contributed by atoms with van der Waals surface area (Å²) in [5.74, 6) is -0.891. The quantitative estimate of drug-likeness (QED) is 0.739. The Bertz CT molecular complexity index is 903. The molecule has 0 bridgehead atoms. The molecule has 3 N–H and O–H groups in total. The van der Waals surface area contributed by atoms with Gasteiger partial charge in [-0.2, -0.15) is 10.5 Å². The van der Waals surface area contributed by atoms with Crippen LogP contribution in [0.25, 0.3) is 0 Å². The van der Waals surface area contributed by atoms with Gasteiger partial charge in [0, 0.05) is 5.56 Å². The minimum Gasteiger partial charge on any atom is -0.493 e. The van der Waals surface area contributed by atoms with E-state index in [1.807, 2.05) is 13.0 Å². The van der Waals surface area contributed by atoms with Crippen LogP contribution in [-0.2, 0) is 9.47 Å². The monoisotopic (exact) mass is 355 g/mol. The Morgan fingerprint density at radius 3 is 2.58 bits per heavy atom. The predicted octanol–water partition coefficient (Wildman–Crippen LogP) is -0.639. The first-order valence-corrected chi connectivity index (χ1v) is 8.24. The zero-order valence-electron chi connectivity index (χ0n) is 14.7. The molecule has 26 heavy (non-hydrogen) atoms. The van der Waals surface area contributed by atoms with Gasteiger partial charge in [-0.3, -0.25) is 5.73 Å². The molecule has 1 aromatic rings. The number of ether oxygens (including phenoxy) is 4. The second kappa shape index (κ2) is 5.10. The van der Waals surface area contributed by atoms with Crippen molar-refractivity contribution in [1.29, 1.82) is 10.5 Å². The number of methoxy groups -OCH3 is 2. The second-order valence-corrected chi connectivity index (χ2v) is 6.75.